The molecule has 30 heavy (non-hydrogen) atoms. The number of rotatable bonds is 4. The molecule has 2 fully saturated rings. The van der Waals surface area contributed by atoms with Crippen LogP contribution in [0.1, 0.15) is 23.7 Å². The van der Waals surface area contributed by atoms with Gasteiger partial charge in [0.1, 0.15) is 5.92 Å². The van der Waals surface area contributed by atoms with Crippen LogP contribution in [0.4, 0.5) is 11.4 Å². The molecule has 156 valence electrons. The van der Waals surface area contributed by atoms with E-state index in [0.29, 0.717) is 44.7 Å². The van der Waals surface area contributed by atoms with Gasteiger partial charge in [-0.3, -0.25) is 14.4 Å². The van der Waals surface area contributed by atoms with Crippen LogP contribution in [-0.4, -0.2) is 55.2 Å². The Bertz CT molecular complexity index is 968. The molecule has 0 aromatic heterocycles. The second kappa shape index (κ2) is 8.60. The van der Waals surface area contributed by atoms with Crippen molar-refractivity contribution in [2.45, 2.75) is 13.3 Å². The number of hydrogen-bond donors (Lipinski definition) is 0. The number of nitrogens with zero attached hydrogens (tertiary/aromatic N) is 3. The van der Waals surface area contributed by atoms with E-state index < -0.39 is 5.92 Å². The molecule has 2 aromatic carbocycles. The van der Waals surface area contributed by atoms with E-state index in [9.17, 15) is 14.4 Å². The van der Waals surface area contributed by atoms with E-state index in [1.807, 2.05) is 53.4 Å². The minimum Gasteiger partial charge on any atom is -0.368 e. The number of carbonyl (C=O) groups is 3. The molecule has 2 heterocycles. The largest absolute Gasteiger partial charge is 0.368 e. The molecule has 1 unspecified atom stereocenters. The summed E-state index contributed by atoms with van der Waals surface area (Å²) in [6.45, 7) is 4.72. The molecular formula is C23H24BrN3O3. The van der Waals surface area contributed by atoms with Crippen molar-refractivity contribution in [3.63, 3.8) is 0 Å². The van der Waals surface area contributed by atoms with Gasteiger partial charge in [0.05, 0.1) is 0 Å². The molecule has 7 heteroatoms. The third-order valence-corrected chi connectivity index (χ3v) is 6.35. The maximum Gasteiger partial charge on any atom is 0.239 e. The molecule has 0 N–H and O–H groups in total. The Balaban J connectivity index is 1.36. The van der Waals surface area contributed by atoms with Crippen molar-refractivity contribution in [1.29, 1.82) is 0 Å². The van der Waals surface area contributed by atoms with Crippen LogP contribution >= 0.6 is 15.9 Å². The number of anilines is 2. The first-order chi connectivity index (χ1) is 14.4. The van der Waals surface area contributed by atoms with Gasteiger partial charge < -0.3 is 14.7 Å². The Labute approximate surface area is 184 Å². The van der Waals surface area contributed by atoms with E-state index in [0.717, 1.165) is 15.8 Å². The lowest BCUT2D eigenvalue weighted by atomic mass is 10.1. The van der Waals surface area contributed by atoms with Gasteiger partial charge in [-0.2, -0.15) is 0 Å². The summed E-state index contributed by atoms with van der Waals surface area (Å²) in [5, 5.41) is 0. The van der Waals surface area contributed by atoms with E-state index in [4.69, 9.17) is 0 Å². The molecule has 2 aliphatic rings. The maximum absolute atomic E-state index is 13.0. The summed E-state index contributed by atoms with van der Waals surface area (Å²) in [4.78, 5) is 43.1. The van der Waals surface area contributed by atoms with Crippen molar-refractivity contribution in [1.82, 2.24) is 4.90 Å². The van der Waals surface area contributed by atoms with Crippen LogP contribution in [0.2, 0.25) is 0 Å². The summed E-state index contributed by atoms with van der Waals surface area (Å²) in [7, 11) is 0. The molecule has 2 aromatic rings. The van der Waals surface area contributed by atoms with Crippen molar-refractivity contribution < 1.29 is 14.4 Å². The highest BCUT2D eigenvalue weighted by Gasteiger charge is 2.40. The van der Waals surface area contributed by atoms with Crippen molar-refractivity contribution in [2.75, 3.05) is 42.5 Å². The highest BCUT2D eigenvalue weighted by atomic mass is 79.9. The van der Waals surface area contributed by atoms with E-state index in [1.54, 1.807) is 11.8 Å². The van der Waals surface area contributed by atoms with Gasteiger partial charge in [-0.25, -0.2) is 0 Å². The fourth-order valence-corrected chi connectivity index (χ4v) is 4.51. The molecule has 6 nitrogen and oxygen atoms in total. The quantitative estimate of drug-likeness (QED) is 0.508. The van der Waals surface area contributed by atoms with Crippen LogP contribution < -0.4 is 9.80 Å². The van der Waals surface area contributed by atoms with Gasteiger partial charge in [-0.1, -0.05) is 22.0 Å². The molecule has 0 spiro atoms. The molecule has 2 saturated heterocycles. The molecule has 0 aliphatic carbocycles. The third-order valence-electron chi connectivity index (χ3n) is 5.85. The smallest absolute Gasteiger partial charge is 0.239 e. The van der Waals surface area contributed by atoms with Crippen molar-refractivity contribution >= 4 is 44.9 Å². The maximum atomic E-state index is 13.0. The van der Waals surface area contributed by atoms with E-state index in [-0.39, 0.29) is 17.6 Å². The van der Waals surface area contributed by atoms with Crippen LogP contribution in [0.15, 0.2) is 53.0 Å². The Morgan fingerprint density at radius 2 is 1.63 bits per heavy atom. The predicted molar refractivity (Wildman–Crippen MR) is 120 cm³/mol. The summed E-state index contributed by atoms with van der Waals surface area (Å²) < 4.78 is 0.912. The van der Waals surface area contributed by atoms with Crippen LogP contribution in [0.25, 0.3) is 0 Å². The minimum atomic E-state index is -0.592. The van der Waals surface area contributed by atoms with Gasteiger partial charge in [-0.05, 0) is 55.8 Å². The third kappa shape index (κ3) is 4.12. The van der Waals surface area contributed by atoms with Gasteiger partial charge in [0, 0.05) is 54.1 Å². The predicted octanol–water partition coefficient (Wildman–Crippen LogP) is 3.35. The van der Waals surface area contributed by atoms with Crippen LogP contribution in [0, 0.1) is 5.92 Å². The number of benzene rings is 2. The van der Waals surface area contributed by atoms with Crippen molar-refractivity contribution in [3.05, 3.63) is 58.6 Å². The zero-order chi connectivity index (χ0) is 21.3. The molecule has 4 rings (SSSR count). The Morgan fingerprint density at radius 1 is 0.933 bits per heavy atom. The van der Waals surface area contributed by atoms with Crippen LogP contribution in [-0.2, 0) is 9.59 Å². The van der Waals surface area contributed by atoms with Crippen molar-refractivity contribution in [2.24, 2.45) is 5.92 Å². The number of hydrogen-bond acceptors (Lipinski definition) is 4. The van der Waals surface area contributed by atoms with Crippen LogP contribution in [0.3, 0.4) is 0 Å². The van der Waals surface area contributed by atoms with Crippen LogP contribution in [0.5, 0.6) is 0 Å². The zero-order valence-corrected chi connectivity index (χ0v) is 18.5. The second-order valence-electron chi connectivity index (χ2n) is 7.73. The van der Waals surface area contributed by atoms with Gasteiger partial charge in [0.2, 0.25) is 11.8 Å². The lowest BCUT2D eigenvalue weighted by Crippen LogP contribution is -2.51. The molecule has 2 amide bonds. The van der Waals surface area contributed by atoms with Gasteiger partial charge >= 0.3 is 0 Å². The number of Topliss-reactive ketones (excluding diaryl/α,β-unsaturated/α-hetero) is 1. The fourth-order valence-electron chi connectivity index (χ4n) is 4.12. The molecule has 1 atom stereocenters. The Morgan fingerprint density at radius 3 is 2.27 bits per heavy atom. The summed E-state index contributed by atoms with van der Waals surface area (Å²) in [5.74, 6) is -0.718. The average Bonchev–Trinajstić information content (AvgIpc) is 3.14. The molecule has 0 bridgehead atoms. The topological polar surface area (TPSA) is 60.9 Å². The second-order valence-corrected chi connectivity index (χ2v) is 8.64. The molecule has 0 saturated carbocycles. The lowest BCUT2D eigenvalue weighted by Gasteiger charge is -2.37. The van der Waals surface area contributed by atoms with Crippen molar-refractivity contribution in [3.8, 4) is 0 Å². The first-order valence-corrected chi connectivity index (χ1v) is 10.9. The van der Waals surface area contributed by atoms with Gasteiger partial charge in [-0.15, -0.1) is 0 Å². The number of ketones is 1. The molecule has 0 radical (unpaired) electrons. The Kier molecular flexibility index (Phi) is 5.90. The summed E-state index contributed by atoms with van der Waals surface area (Å²) in [6, 6.07) is 15.2. The fraction of sp³-hybridized carbons (Fsp3) is 0.348. The molecular weight excluding hydrogens is 446 g/mol. The lowest BCUT2D eigenvalue weighted by molar-refractivity contribution is -0.140. The summed E-state index contributed by atoms with van der Waals surface area (Å²) >= 11 is 3.44. The molecule has 2 aliphatic heterocycles. The summed E-state index contributed by atoms with van der Waals surface area (Å²) in [5.41, 5.74) is 2.57. The van der Waals surface area contributed by atoms with E-state index in [1.165, 1.54) is 0 Å². The number of halogens is 1. The summed E-state index contributed by atoms with van der Waals surface area (Å²) in [6.07, 6.45) is 0.552. The first-order valence-electron chi connectivity index (χ1n) is 10.2. The standard InChI is InChI=1S/C23H24BrN3O3/c1-16(28)17-5-7-19(8-6-17)25-11-13-26(14-12-25)22(29)21-9-10-27(23(21)30)20-4-2-3-18(24)15-20/h2-8,15,21H,9-14H2,1H3. The van der Waals surface area contributed by atoms with Gasteiger partial charge in [0.25, 0.3) is 0 Å². The number of amides is 2. The van der Waals surface area contributed by atoms with E-state index >= 15 is 0 Å². The normalized spacial score (nSPS) is 19.3. The number of piperazine rings is 1. The monoisotopic (exact) mass is 469 g/mol. The first kappa shape index (κ1) is 20.6. The number of carbonyl (C=O) groups excluding carboxylic acids is 3. The van der Waals surface area contributed by atoms with E-state index in [2.05, 4.69) is 20.8 Å². The minimum absolute atomic E-state index is 0.0510. The Hall–Kier alpha value is -2.67. The van der Waals surface area contributed by atoms with Gasteiger partial charge in [0.15, 0.2) is 5.78 Å². The zero-order valence-electron chi connectivity index (χ0n) is 16.9. The highest BCUT2D eigenvalue weighted by molar-refractivity contribution is 9.10. The highest BCUT2D eigenvalue weighted by Crippen LogP contribution is 2.29. The SMILES string of the molecule is CC(=O)c1ccc(N2CCN(C(=O)C3CCN(c4cccc(Br)c4)C3=O)CC2)cc1. The average molecular weight is 470 g/mol.